The molecule has 0 saturated carbocycles. The maximum atomic E-state index is 12.1. The number of carbonyl (C=O) groups is 1. The molecule has 0 saturated heterocycles. The second-order valence-corrected chi connectivity index (χ2v) is 7.13. The molecular formula is C20H24N6OS. The van der Waals surface area contributed by atoms with E-state index in [0.29, 0.717) is 29.9 Å². The summed E-state index contributed by atoms with van der Waals surface area (Å²) >= 11 is 1.31. The molecule has 0 atom stereocenters. The Morgan fingerprint density at radius 3 is 2.68 bits per heavy atom. The van der Waals surface area contributed by atoms with E-state index >= 15 is 0 Å². The van der Waals surface area contributed by atoms with E-state index in [4.69, 9.17) is 0 Å². The lowest BCUT2D eigenvalue weighted by Gasteiger charge is -2.17. The van der Waals surface area contributed by atoms with E-state index in [1.54, 1.807) is 4.90 Å². The predicted octanol–water partition coefficient (Wildman–Crippen LogP) is 3.75. The Hall–Kier alpha value is -2.87. The normalized spacial score (nSPS) is 11.6. The van der Waals surface area contributed by atoms with Crippen molar-refractivity contribution in [3.05, 3.63) is 48.0 Å². The number of anilines is 1. The predicted molar refractivity (Wildman–Crippen MR) is 115 cm³/mol. The number of H-pyrrole nitrogens is 1. The number of thioether (sulfide) groups is 1. The summed E-state index contributed by atoms with van der Waals surface area (Å²) in [6.07, 6.45) is 0. The molecule has 0 aliphatic rings. The third-order valence-corrected chi connectivity index (χ3v) is 5.23. The van der Waals surface area contributed by atoms with Gasteiger partial charge in [-0.2, -0.15) is 10.1 Å². The molecule has 0 aliphatic heterocycles. The topological polar surface area (TPSA) is 86.3 Å². The molecule has 0 fully saturated rings. The van der Waals surface area contributed by atoms with E-state index in [0.717, 1.165) is 11.3 Å². The quantitative estimate of drug-likeness (QED) is 0.344. The highest BCUT2D eigenvalue weighted by molar-refractivity contribution is 7.99. The number of rotatable bonds is 8. The number of fused-ring (bicyclic) bond motifs is 1. The zero-order valence-electron chi connectivity index (χ0n) is 16.3. The summed E-state index contributed by atoms with van der Waals surface area (Å²) in [6, 6.07) is 14.5. The van der Waals surface area contributed by atoms with Crippen LogP contribution in [-0.4, -0.2) is 50.5 Å². The van der Waals surface area contributed by atoms with Crippen LogP contribution in [0.2, 0.25) is 0 Å². The number of hydrogen-bond donors (Lipinski definition) is 2. The second kappa shape index (κ2) is 9.36. The minimum Gasteiger partial charge on any atom is -0.343 e. The first-order valence-electron chi connectivity index (χ1n) is 9.23. The Morgan fingerprint density at radius 1 is 1.18 bits per heavy atom. The molecule has 0 spiro atoms. The summed E-state index contributed by atoms with van der Waals surface area (Å²) in [4.78, 5) is 18.2. The lowest BCUT2D eigenvalue weighted by molar-refractivity contribution is -0.127. The summed E-state index contributed by atoms with van der Waals surface area (Å²) in [6.45, 7) is 7.29. The van der Waals surface area contributed by atoms with Crippen LogP contribution < -0.4 is 5.43 Å². The third kappa shape index (κ3) is 4.89. The fourth-order valence-corrected chi connectivity index (χ4v) is 3.47. The van der Waals surface area contributed by atoms with Crippen LogP contribution in [0, 0.1) is 0 Å². The fraction of sp³-hybridized carbons (Fsp3) is 0.300. The lowest BCUT2D eigenvalue weighted by atomic mass is 10.0. The number of aromatic nitrogens is 3. The van der Waals surface area contributed by atoms with Crippen molar-refractivity contribution < 1.29 is 4.79 Å². The van der Waals surface area contributed by atoms with Crippen LogP contribution >= 0.6 is 11.8 Å². The van der Waals surface area contributed by atoms with Gasteiger partial charge in [-0.1, -0.05) is 48.2 Å². The molecule has 1 aromatic heterocycles. The first-order valence-corrected chi connectivity index (χ1v) is 10.2. The number of carbonyl (C=O) groups excluding carboxylic acids is 1. The standard InChI is InChI=1S/C20H24N6OS/c1-4-26(5-2)18(27)13-28-20-21-19(24-25-20)23-22-14(3)16-11-10-15-8-6-7-9-17(15)12-16/h6-12H,4-5,13H2,1-3H3,(H2,21,23,24,25)/b22-14-. The van der Waals surface area contributed by atoms with Crippen molar-refractivity contribution in [1.82, 2.24) is 20.1 Å². The van der Waals surface area contributed by atoms with Crippen molar-refractivity contribution in [3.63, 3.8) is 0 Å². The van der Waals surface area contributed by atoms with E-state index in [-0.39, 0.29) is 5.91 Å². The summed E-state index contributed by atoms with van der Waals surface area (Å²) in [7, 11) is 0. The highest BCUT2D eigenvalue weighted by atomic mass is 32.2. The summed E-state index contributed by atoms with van der Waals surface area (Å²) < 4.78 is 0. The van der Waals surface area contributed by atoms with E-state index in [9.17, 15) is 4.79 Å². The van der Waals surface area contributed by atoms with E-state index < -0.39 is 0 Å². The smallest absolute Gasteiger partial charge is 0.240 e. The molecule has 3 rings (SSSR count). The van der Waals surface area contributed by atoms with Crippen LogP contribution in [0.3, 0.4) is 0 Å². The van der Waals surface area contributed by atoms with Crippen molar-refractivity contribution >= 4 is 40.1 Å². The number of amides is 1. The molecule has 0 radical (unpaired) electrons. The number of hydrazone groups is 1. The average Bonchev–Trinajstić information content (AvgIpc) is 3.19. The Kier molecular flexibility index (Phi) is 6.65. The van der Waals surface area contributed by atoms with Crippen LogP contribution in [0.15, 0.2) is 52.7 Å². The maximum Gasteiger partial charge on any atom is 0.240 e. The molecule has 7 nitrogen and oxygen atoms in total. The van der Waals surface area contributed by atoms with Crippen molar-refractivity contribution in [2.45, 2.75) is 25.9 Å². The number of nitrogens with zero attached hydrogens (tertiary/aromatic N) is 4. The zero-order chi connectivity index (χ0) is 19.9. The molecular weight excluding hydrogens is 372 g/mol. The molecule has 0 bridgehead atoms. The van der Waals surface area contributed by atoms with Gasteiger partial charge in [-0.15, -0.1) is 5.10 Å². The summed E-state index contributed by atoms with van der Waals surface area (Å²) in [5, 5.41) is 14.2. The van der Waals surface area contributed by atoms with Gasteiger partial charge < -0.3 is 4.90 Å². The van der Waals surface area contributed by atoms with Crippen LogP contribution in [0.25, 0.3) is 10.8 Å². The van der Waals surface area contributed by atoms with Gasteiger partial charge in [-0.3, -0.25) is 4.79 Å². The zero-order valence-corrected chi connectivity index (χ0v) is 17.1. The largest absolute Gasteiger partial charge is 0.343 e. The van der Waals surface area contributed by atoms with Crippen molar-refractivity contribution in [2.75, 3.05) is 24.3 Å². The molecule has 1 amide bonds. The van der Waals surface area contributed by atoms with Gasteiger partial charge in [0.2, 0.25) is 17.0 Å². The molecule has 1 heterocycles. The summed E-state index contributed by atoms with van der Waals surface area (Å²) in [5.74, 6) is 0.843. The van der Waals surface area contributed by atoms with Gasteiger partial charge in [-0.05, 0) is 43.2 Å². The lowest BCUT2D eigenvalue weighted by Crippen LogP contribution is -2.31. The van der Waals surface area contributed by atoms with E-state index in [1.165, 1.54) is 22.5 Å². The van der Waals surface area contributed by atoms with Crippen LogP contribution in [0.1, 0.15) is 26.3 Å². The molecule has 28 heavy (non-hydrogen) atoms. The fourth-order valence-electron chi connectivity index (χ4n) is 2.77. The summed E-state index contributed by atoms with van der Waals surface area (Å²) in [5.41, 5.74) is 4.77. The first kappa shape index (κ1) is 19.9. The first-order chi connectivity index (χ1) is 13.6. The molecule has 0 aliphatic carbocycles. The Labute approximate surface area is 168 Å². The second-order valence-electron chi connectivity index (χ2n) is 6.19. The molecule has 2 aromatic carbocycles. The van der Waals surface area contributed by atoms with Crippen molar-refractivity contribution in [2.24, 2.45) is 5.10 Å². The van der Waals surface area contributed by atoms with Gasteiger partial charge in [-0.25, -0.2) is 10.5 Å². The van der Waals surface area contributed by atoms with Crippen molar-refractivity contribution in [3.8, 4) is 0 Å². The number of benzene rings is 2. The monoisotopic (exact) mass is 396 g/mol. The highest BCUT2D eigenvalue weighted by Gasteiger charge is 2.12. The third-order valence-electron chi connectivity index (χ3n) is 4.40. The van der Waals surface area contributed by atoms with E-state index in [1.807, 2.05) is 39.0 Å². The average molecular weight is 397 g/mol. The van der Waals surface area contributed by atoms with Crippen molar-refractivity contribution in [1.29, 1.82) is 0 Å². The minimum atomic E-state index is 0.0829. The van der Waals surface area contributed by atoms with Gasteiger partial charge >= 0.3 is 0 Å². The Morgan fingerprint density at radius 2 is 1.93 bits per heavy atom. The highest BCUT2D eigenvalue weighted by Crippen LogP contribution is 2.17. The van der Waals surface area contributed by atoms with Gasteiger partial charge in [0.1, 0.15) is 0 Å². The number of nitrogens with one attached hydrogen (secondary N) is 2. The van der Waals surface area contributed by atoms with E-state index in [2.05, 4.69) is 50.0 Å². The molecule has 8 heteroatoms. The molecule has 2 N–H and O–H groups in total. The van der Waals surface area contributed by atoms with Gasteiger partial charge in [0, 0.05) is 13.1 Å². The van der Waals surface area contributed by atoms with Gasteiger partial charge in [0.25, 0.3) is 0 Å². The molecule has 146 valence electrons. The maximum absolute atomic E-state index is 12.1. The molecule has 3 aromatic rings. The van der Waals surface area contributed by atoms with Crippen LogP contribution in [0.4, 0.5) is 5.95 Å². The Bertz CT molecular complexity index is 979. The molecule has 0 unspecified atom stereocenters. The van der Waals surface area contributed by atoms with Gasteiger partial charge in [0.15, 0.2) is 0 Å². The SMILES string of the molecule is CCN(CC)C(=O)CSc1n[nH]c(N/N=C(/C)c2ccc3ccccc3c2)n1. The minimum absolute atomic E-state index is 0.0829. The Balaban J connectivity index is 1.60. The number of hydrogen-bond acceptors (Lipinski definition) is 6. The van der Waals surface area contributed by atoms with Crippen LogP contribution in [-0.2, 0) is 4.79 Å². The number of aromatic amines is 1. The van der Waals surface area contributed by atoms with Crippen LogP contribution in [0.5, 0.6) is 0 Å². The van der Waals surface area contributed by atoms with Gasteiger partial charge in [0.05, 0.1) is 11.5 Å².